The molecule has 0 radical (unpaired) electrons. The highest BCUT2D eigenvalue weighted by Gasteiger charge is 2.17. The standard InChI is InChI=1S/C15H24N2O/c1-12-5-2-3-6-13(12)11-14(17-16)8-9-15-7-4-10-18-15/h2-3,5-6,14-15,17H,4,7-11,16H2,1H3. The maximum absolute atomic E-state index is 5.66. The minimum atomic E-state index is 0.343. The van der Waals surface area contributed by atoms with Crippen molar-refractivity contribution in [3.63, 3.8) is 0 Å². The molecule has 100 valence electrons. The number of rotatable bonds is 6. The number of nitrogens with one attached hydrogen (secondary N) is 1. The number of nitrogens with two attached hydrogens (primary N) is 1. The van der Waals surface area contributed by atoms with E-state index in [-0.39, 0.29) is 0 Å². The van der Waals surface area contributed by atoms with Gasteiger partial charge in [-0.05, 0) is 50.2 Å². The fourth-order valence-electron chi connectivity index (χ4n) is 2.61. The highest BCUT2D eigenvalue weighted by atomic mass is 16.5. The lowest BCUT2D eigenvalue weighted by Crippen LogP contribution is -2.37. The summed E-state index contributed by atoms with van der Waals surface area (Å²) in [4.78, 5) is 0. The Morgan fingerprint density at radius 2 is 2.28 bits per heavy atom. The Morgan fingerprint density at radius 3 is 2.94 bits per heavy atom. The van der Waals surface area contributed by atoms with Gasteiger partial charge in [-0.2, -0.15) is 0 Å². The third kappa shape index (κ3) is 3.80. The van der Waals surface area contributed by atoms with E-state index in [1.807, 2.05) is 0 Å². The van der Waals surface area contributed by atoms with Gasteiger partial charge in [0, 0.05) is 12.6 Å². The second-order valence-electron chi connectivity index (χ2n) is 5.21. The quantitative estimate of drug-likeness (QED) is 0.600. The molecule has 3 heteroatoms. The van der Waals surface area contributed by atoms with Crippen molar-refractivity contribution in [2.24, 2.45) is 5.84 Å². The van der Waals surface area contributed by atoms with E-state index in [2.05, 4.69) is 36.6 Å². The summed E-state index contributed by atoms with van der Waals surface area (Å²) in [6.45, 7) is 3.09. The van der Waals surface area contributed by atoms with Crippen molar-refractivity contribution in [3.8, 4) is 0 Å². The third-order valence-electron chi connectivity index (χ3n) is 3.82. The second-order valence-corrected chi connectivity index (χ2v) is 5.21. The minimum absolute atomic E-state index is 0.343. The maximum Gasteiger partial charge on any atom is 0.0576 e. The Morgan fingerprint density at radius 1 is 1.44 bits per heavy atom. The first-order chi connectivity index (χ1) is 8.79. The van der Waals surface area contributed by atoms with E-state index in [9.17, 15) is 0 Å². The van der Waals surface area contributed by atoms with E-state index >= 15 is 0 Å². The van der Waals surface area contributed by atoms with Gasteiger partial charge in [0.1, 0.15) is 0 Å². The van der Waals surface area contributed by atoms with Crippen LogP contribution in [0.4, 0.5) is 0 Å². The third-order valence-corrected chi connectivity index (χ3v) is 3.82. The van der Waals surface area contributed by atoms with E-state index in [4.69, 9.17) is 10.6 Å². The van der Waals surface area contributed by atoms with Crippen LogP contribution in [0.1, 0.15) is 36.8 Å². The van der Waals surface area contributed by atoms with Gasteiger partial charge in [0.25, 0.3) is 0 Å². The second kappa shape index (κ2) is 6.88. The summed E-state index contributed by atoms with van der Waals surface area (Å²) in [5.41, 5.74) is 5.67. The molecule has 3 N–H and O–H groups in total. The first-order valence-electron chi connectivity index (χ1n) is 6.92. The predicted molar refractivity (Wildman–Crippen MR) is 74.2 cm³/mol. The van der Waals surface area contributed by atoms with E-state index in [1.165, 1.54) is 24.0 Å². The van der Waals surface area contributed by atoms with Gasteiger partial charge in [-0.25, -0.2) is 0 Å². The Balaban J connectivity index is 1.83. The Labute approximate surface area is 110 Å². The van der Waals surface area contributed by atoms with Crippen molar-refractivity contribution in [3.05, 3.63) is 35.4 Å². The average molecular weight is 248 g/mol. The predicted octanol–water partition coefficient (Wildman–Crippen LogP) is 2.33. The fraction of sp³-hybridized carbons (Fsp3) is 0.600. The molecule has 2 atom stereocenters. The van der Waals surface area contributed by atoms with Gasteiger partial charge in [-0.15, -0.1) is 0 Å². The van der Waals surface area contributed by atoms with E-state index in [1.54, 1.807) is 0 Å². The molecule has 2 unspecified atom stereocenters. The zero-order valence-electron chi connectivity index (χ0n) is 11.2. The summed E-state index contributed by atoms with van der Waals surface area (Å²) in [6, 6.07) is 8.86. The number of hydrogen-bond donors (Lipinski definition) is 2. The van der Waals surface area contributed by atoms with Crippen LogP contribution in [0.25, 0.3) is 0 Å². The molecule has 3 nitrogen and oxygen atoms in total. The van der Waals surface area contributed by atoms with Crippen LogP contribution in [0.5, 0.6) is 0 Å². The summed E-state index contributed by atoms with van der Waals surface area (Å²) in [5.74, 6) is 5.66. The molecule has 0 aliphatic carbocycles. The molecule has 0 aromatic heterocycles. The van der Waals surface area contributed by atoms with E-state index < -0.39 is 0 Å². The van der Waals surface area contributed by atoms with Crippen molar-refractivity contribution in [1.29, 1.82) is 0 Å². The molecule has 1 aliphatic rings. The van der Waals surface area contributed by atoms with Gasteiger partial charge in [-0.3, -0.25) is 11.3 Å². The molecule has 1 aromatic carbocycles. The fourth-order valence-corrected chi connectivity index (χ4v) is 2.61. The van der Waals surface area contributed by atoms with Gasteiger partial charge in [-0.1, -0.05) is 24.3 Å². The first kappa shape index (κ1) is 13.5. The van der Waals surface area contributed by atoms with Crippen LogP contribution in [-0.2, 0) is 11.2 Å². The molecule has 1 fully saturated rings. The highest BCUT2D eigenvalue weighted by Crippen LogP contribution is 2.19. The zero-order valence-corrected chi connectivity index (χ0v) is 11.2. The maximum atomic E-state index is 5.66. The number of aryl methyl sites for hydroxylation is 1. The summed E-state index contributed by atoms with van der Waals surface area (Å²) in [5, 5.41) is 0. The number of benzene rings is 1. The van der Waals surface area contributed by atoms with Crippen LogP contribution in [-0.4, -0.2) is 18.8 Å². The van der Waals surface area contributed by atoms with Crippen molar-refractivity contribution in [2.75, 3.05) is 6.61 Å². The molecular formula is C15H24N2O. The van der Waals surface area contributed by atoms with Crippen molar-refractivity contribution < 1.29 is 4.74 Å². The zero-order chi connectivity index (χ0) is 12.8. The SMILES string of the molecule is Cc1ccccc1CC(CCC1CCCO1)NN. The van der Waals surface area contributed by atoms with E-state index in [0.29, 0.717) is 12.1 Å². The van der Waals surface area contributed by atoms with Crippen LogP contribution in [0.15, 0.2) is 24.3 Å². The lowest BCUT2D eigenvalue weighted by molar-refractivity contribution is 0.0996. The molecule has 18 heavy (non-hydrogen) atoms. The molecule has 2 rings (SSSR count). The lowest BCUT2D eigenvalue weighted by Gasteiger charge is -2.19. The average Bonchev–Trinajstić information content (AvgIpc) is 2.90. The van der Waals surface area contributed by atoms with Crippen LogP contribution >= 0.6 is 0 Å². The monoisotopic (exact) mass is 248 g/mol. The highest BCUT2D eigenvalue weighted by molar-refractivity contribution is 5.26. The molecule has 1 saturated heterocycles. The summed E-state index contributed by atoms with van der Waals surface area (Å²) in [6.07, 6.45) is 6.06. The summed E-state index contributed by atoms with van der Waals surface area (Å²) < 4.78 is 5.65. The molecule has 1 aromatic rings. The molecule has 1 heterocycles. The Hall–Kier alpha value is -0.900. The summed E-state index contributed by atoms with van der Waals surface area (Å²) >= 11 is 0. The molecule has 0 spiro atoms. The van der Waals surface area contributed by atoms with Crippen LogP contribution < -0.4 is 11.3 Å². The van der Waals surface area contributed by atoms with Crippen molar-refractivity contribution >= 4 is 0 Å². The van der Waals surface area contributed by atoms with Gasteiger partial charge >= 0.3 is 0 Å². The lowest BCUT2D eigenvalue weighted by atomic mass is 9.97. The molecule has 1 aliphatic heterocycles. The van der Waals surface area contributed by atoms with Gasteiger partial charge in [0.05, 0.1) is 6.10 Å². The normalized spacial score (nSPS) is 21.1. The van der Waals surface area contributed by atoms with Crippen molar-refractivity contribution in [1.82, 2.24) is 5.43 Å². The number of hydrogen-bond acceptors (Lipinski definition) is 3. The minimum Gasteiger partial charge on any atom is -0.378 e. The van der Waals surface area contributed by atoms with Crippen LogP contribution in [0, 0.1) is 6.92 Å². The Bertz CT molecular complexity index is 361. The molecule has 0 saturated carbocycles. The number of ether oxygens (including phenoxy) is 1. The largest absolute Gasteiger partial charge is 0.378 e. The smallest absolute Gasteiger partial charge is 0.0576 e. The van der Waals surface area contributed by atoms with Gasteiger partial charge < -0.3 is 4.74 Å². The Kier molecular flexibility index (Phi) is 5.17. The topological polar surface area (TPSA) is 47.3 Å². The van der Waals surface area contributed by atoms with Gasteiger partial charge in [0.15, 0.2) is 0 Å². The molecular weight excluding hydrogens is 224 g/mol. The van der Waals surface area contributed by atoms with Gasteiger partial charge in [0.2, 0.25) is 0 Å². The molecule has 0 bridgehead atoms. The van der Waals surface area contributed by atoms with E-state index in [0.717, 1.165) is 25.9 Å². The first-order valence-corrected chi connectivity index (χ1v) is 6.92. The summed E-state index contributed by atoms with van der Waals surface area (Å²) in [7, 11) is 0. The van der Waals surface area contributed by atoms with Crippen molar-refractivity contribution in [2.45, 2.75) is 51.2 Å². The van der Waals surface area contributed by atoms with Crippen LogP contribution in [0.3, 0.4) is 0 Å². The van der Waals surface area contributed by atoms with Crippen LogP contribution in [0.2, 0.25) is 0 Å². The molecule has 0 amide bonds. The number of hydrazine groups is 1.